The molecule has 1 fully saturated rings. The van der Waals surface area contributed by atoms with Gasteiger partial charge in [0.1, 0.15) is 11.1 Å². The highest BCUT2D eigenvalue weighted by Crippen LogP contribution is 2.19. The van der Waals surface area contributed by atoms with E-state index in [1.165, 1.54) is 12.1 Å². The van der Waals surface area contributed by atoms with E-state index in [1.54, 1.807) is 12.3 Å². The van der Waals surface area contributed by atoms with Crippen LogP contribution in [0.1, 0.15) is 12.0 Å². The van der Waals surface area contributed by atoms with Crippen LogP contribution < -0.4 is 4.72 Å². The minimum Gasteiger partial charge on any atom is -0.380 e. The van der Waals surface area contributed by atoms with Gasteiger partial charge in [0.05, 0.1) is 6.61 Å². The number of hydrogen-bond donors (Lipinski definition) is 2. The number of nitrogens with one attached hydrogen (secondary N) is 2. The van der Waals surface area contributed by atoms with Crippen molar-refractivity contribution in [2.24, 2.45) is 0 Å². The van der Waals surface area contributed by atoms with Gasteiger partial charge in [-0.15, -0.1) is 0 Å². The van der Waals surface area contributed by atoms with Crippen LogP contribution in [-0.2, 0) is 21.2 Å². The Kier molecular flexibility index (Phi) is 3.97. The molecule has 0 amide bonds. The van der Waals surface area contributed by atoms with E-state index in [-0.39, 0.29) is 12.4 Å². The van der Waals surface area contributed by atoms with E-state index >= 15 is 0 Å². The minimum absolute atomic E-state index is 0.266. The standard InChI is InChI=1S/C14H17FN2O3S/c15-11-1-2-13-10(8-16-14(13)7-11)3-5-17-21(18,19)12-4-6-20-9-12/h1-2,7-8,12,16-17H,3-6,9H2/t12-/m0/s1. The van der Waals surface area contributed by atoms with Gasteiger partial charge in [-0.2, -0.15) is 0 Å². The number of fused-ring (bicyclic) bond motifs is 1. The second kappa shape index (κ2) is 5.75. The average molecular weight is 312 g/mol. The fourth-order valence-electron chi connectivity index (χ4n) is 2.57. The highest BCUT2D eigenvalue weighted by molar-refractivity contribution is 7.90. The predicted molar refractivity (Wildman–Crippen MR) is 78.1 cm³/mol. The fraction of sp³-hybridized carbons (Fsp3) is 0.429. The van der Waals surface area contributed by atoms with Gasteiger partial charge in [0.2, 0.25) is 10.0 Å². The third kappa shape index (κ3) is 3.09. The van der Waals surface area contributed by atoms with Crippen LogP contribution in [0.5, 0.6) is 0 Å². The molecule has 0 spiro atoms. The Bertz CT molecular complexity index is 736. The Morgan fingerprint density at radius 2 is 2.29 bits per heavy atom. The number of rotatable bonds is 5. The van der Waals surface area contributed by atoms with Crippen LogP contribution in [0.3, 0.4) is 0 Å². The molecule has 0 unspecified atom stereocenters. The van der Waals surface area contributed by atoms with E-state index in [2.05, 4.69) is 9.71 Å². The molecule has 1 aromatic heterocycles. The molecule has 7 heteroatoms. The van der Waals surface area contributed by atoms with Crippen LogP contribution >= 0.6 is 0 Å². The molecule has 5 nitrogen and oxygen atoms in total. The molecule has 1 saturated heterocycles. The number of aromatic nitrogens is 1. The Morgan fingerprint density at radius 3 is 3.05 bits per heavy atom. The summed E-state index contributed by atoms with van der Waals surface area (Å²) in [4.78, 5) is 2.99. The Labute approximate surface area is 122 Å². The van der Waals surface area contributed by atoms with E-state index < -0.39 is 15.3 Å². The number of H-pyrrole nitrogens is 1. The first-order valence-electron chi connectivity index (χ1n) is 6.88. The molecule has 1 atom stereocenters. The summed E-state index contributed by atoms with van der Waals surface area (Å²) in [6.07, 6.45) is 2.89. The van der Waals surface area contributed by atoms with Crippen LogP contribution in [0.2, 0.25) is 0 Å². The van der Waals surface area contributed by atoms with Crippen molar-refractivity contribution in [1.29, 1.82) is 0 Å². The van der Waals surface area contributed by atoms with Crippen LogP contribution in [0.15, 0.2) is 24.4 Å². The van der Waals surface area contributed by atoms with E-state index in [4.69, 9.17) is 4.74 Å². The van der Waals surface area contributed by atoms with E-state index in [0.29, 0.717) is 26.0 Å². The maximum Gasteiger partial charge on any atom is 0.216 e. The third-order valence-corrected chi connectivity index (χ3v) is 5.61. The van der Waals surface area contributed by atoms with E-state index in [1.807, 2.05) is 0 Å². The van der Waals surface area contributed by atoms with Gasteiger partial charge in [-0.1, -0.05) is 0 Å². The third-order valence-electron chi connectivity index (χ3n) is 3.75. The SMILES string of the molecule is O=S(=O)(NCCc1c[nH]c2cc(F)ccc12)[C@H]1CCOC1. The molecule has 1 aliphatic heterocycles. The van der Waals surface area contributed by atoms with Gasteiger partial charge in [0.15, 0.2) is 0 Å². The van der Waals surface area contributed by atoms with Gasteiger partial charge in [0, 0.05) is 30.3 Å². The quantitative estimate of drug-likeness (QED) is 0.880. The van der Waals surface area contributed by atoms with Crippen LogP contribution in [0, 0.1) is 5.82 Å². The van der Waals surface area contributed by atoms with Crippen LogP contribution in [0.4, 0.5) is 4.39 Å². The highest BCUT2D eigenvalue weighted by atomic mass is 32.2. The second-order valence-corrected chi connectivity index (χ2v) is 7.22. The number of ether oxygens (including phenoxy) is 1. The zero-order valence-corrected chi connectivity index (χ0v) is 12.2. The van der Waals surface area contributed by atoms with Gasteiger partial charge >= 0.3 is 0 Å². The molecule has 3 rings (SSSR count). The Morgan fingerprint density at radius 1 is 1.43 bits per heavy atom. The zero-order chi connectivity index (χ0) is 14.9. The molecule has 21 heavy (non-hydrogen) atoms. The normalized spacial score (nSPS) is 19.4. The summed E-state index contributed by atoms with van der Waals surface area (Å²) in [6, 6.07) is 4.54. The number of sulfonamides is 1. The van der Waals surface area contributed by atoms with Gasteiger partial charge < -0.3 is 9.72 Å². The van der Waals surface area contributed by atoms with Crippen molar-refractivity contribution < 1.29 is 17.5 Å². The van der Waals surface area contributed by atoms with Crippen LogP contribution in [-0.4, -0.2) is 38.4 Å². The molecule has 2 N–H and O–H groups in total. The lowest BCUT2D eigenvalue weighted by molar-refractivity contribution is 0.198. The smallest absolute Gasteiger partial charge is 0.216 e. The molecule has 0 radical (unpaired) electrons. The van der Waals surface area contributed by atoms with Crippen molar-refractivity contribution in [2.45, 2.75) is 18.1 Å². The maximum absolute atomic E-state index is 13.1. The number of halogens is 1. The summed E-state index contributed by atoms with van der Waals surface area (Å²) in [5, 5.41) is 0.467. The zero-order valence-electron chi connectivity index (χ0n) is 11.4. The van der Waals surface area contributed by atoms with Crippen molar-refractivity contribution in [3.63, 3.8) is 0 Å². The summed E-state index contributed by atoms with van der Waals surface area (Å²) in [7, 11) is -3.32. The van der Waals surface area contributed by atoms with Crippen molar-refractivity contribution in [2.75, 3.05) is 19.8 Å². The van der Waals surface area contributed by atoms with Crippen molar-refractivity contribution in [3.8, 4) is 0 Å². The van der Waals surface area contributed by atoms with E-state index in [0.717, 1.165) is 16.5 Å². The first kappa shape index (κ1) is 14.5. The fourth-order valence-corrected chi connectivity index (χ4v) is 3.87. The lowest BCUT2D eigenvalue weighted by Crippen LogP contribution is -2.35. The number of aromatic amines is 1. The van der Waals surface area contributed by atoms with Gasteiger partial charge in [-0.05, 0) is 36.6 Å². The summed E-state index contributed by atoms with van der Waals surface area (Å²) in [5.74, 6) is -0.294. The first-order valence-corrected chi connectivity index (χ1v) is 8.42. The molecule has 0 bridgehead atoms. The van der Waals surface area contributed by atoms with Crippen molar-refractivity contribution in [1.82, 2.24) is 9.71 Å². The molecule has 1 aromatic carbocycles. The Balaban J connectivity index is 1.64. The monoisotopic (exact) mass is 312 g/mol. The summed E-state index contributed by atoms with van der Waals surface area (Å²) in [5.41, 5.74) is 1.69. The molecule has 0 saturated carbocycles. The highest BCUT2D eigenvalue weighted by Gasteiger charge is 2.28. The van der Waals surface area contributed by atoms with Gasteiger partial charge in [-0.3, -0.25) is 0 Å². The molecular weight excluding hydrogens is 295 g/mol. The minimum atomic E-state index is -3.32. The van der Waals surface area contributed by atoms with Crippen molar-refractivity contribution >= 4 is 20.9 Å². The number of hydrogen-bond acceptors (Lipinski definition) is 3. The van der Waals surface area contributed by atoms with Crippen LogP contribution in [0.25, 0.3) is 10.9 Å². The second-order valence-electron chi connectivity index (χ2n) is 5.18. The molecule has 2 aromatic rings. The van der Waals surface area contributed by atoms with Crippen molar-refractivity contribution in [3.05, 3.63) is 35.8 Å². The summed E-state index contributed by atoms with van der Waals surface area (Å²) < 4.78 is 44.9. The first-order chi connectivity index (χ1) is 10.1. The molecular formula is C14H17FN2O3S. The number of benzene rings is 1. The average Bonchev–Trinajstić information content (AvgIpc) is 3.08. The summed E-state index contributed by atoms with van der Waals surface area (Å²) >= 11 is 0. The predicted octanol–water partition coefficient (Wildman–Crippen LogP) is 1.56. The molecule has 2 heterocycles. The lowest BCUT2D eigenvalue weighted by Gasteiger charge is -2.10. The Hall–Kier alpha value is -1.44. The van der Waals surface area contributed by atoms with Gasteiger partial charge in [-0.25, -0.2) is 17.5 Å². The largest absolute Gasteiger partial charge is 0.380 e. The molecule has 114 valence electrons. The topological polar surface area (TPSA) is 71.2 Å². The lowest BCUT2D eigenvalue weighted by atomic mass is 10.1. The van der Waals surface area contributed by atoms with E-state index in [9.17, 15) is 12.8 Å². The molecule has 0 aliphatic carbocycles. The molecule has 1 aliphatic rings. The summed E-state index contributed by atoms with van der Waals surface area (Å²) in [6.45, 7) is 1.09. The van der Waals surface area contributed by atoms with Gasteiger partial charge in [0.25, 0.3) is 0 Å². The maximum atomic E-state index is 13.1.